The highest BCUT2D eigenvalue weighted by atomic mass is 15.0. The van der Waals surface area contributed by atoms with Gasteiger partial charge in [-0.15, -0.1) is 0 Å². The van der Waals surface area contributed by atoms with Gasteiger partial charge in [-0.3, -0.25) is 0 Å². The number of nitrogens with zero attached hydrogens (tertiary/aromatic N) is 2. The van der Waals surface area contributed by atoms with Crippen LogP contribution in [0.3, 0.4) is 0 Å². The monoisotopic (exact) mass is 241 g/mol. The molecule has 2 aromatic rings. The number of aryl methyl sites for hydroxylation is 2. The zero-order valence-electron chi connectivity index (χ0n) is 11.4. The van der Waals surface area contributed by atoms with Crippen molar-refractivity contribution in [1.82, 2.24) is 9.97 Å². The van der Waals surface area contributed by atoms with Crippen molar-refractivity contribution in [2.24, 2.45) is 0 Å². The van der Waals surface area contributed by atoms with Gasteiger partial charge in [0, 0.05) is 18.2 Å². The molecule has 0 radical (unpaired) electrons. The summed E-state index contributed by atoms with van der Waals surface area (Å²) in [6.07, 6.45) is 0. The number of rotatable bonds is 3. The fourth-order valence-corrected chi connectivity index (χ4v) is 2.01. The lowest BCUT2D eigenvalue weighted by atomic mass is 10.0. The summed E-state index contributed by atoms with van der Waals surface area (Å²) in [5.41, 5.74) is 4.73. The number of anilines is 1. The van der Waals surface area contributed by atoms with Crippen molar-refractivity contribution in [3.63, 3.8) is 0 Å². The van der Waals surface area contributed by atoms with Crippen molar-refractivity contribution in [2.45, 2.75) is 27.7 Å². The quantitative estimate of drug-likeness (QED) is 0.893. The summed E-state index contributed by atoms with van der Waals surface area (Å²) in [4.78, 5) is 8.92. The van der Waals surface area contributed by atoms with Gasteiger partial charge in [0.25, 0.3) is 0 Å². The molecule has 0 bridgehead atoms. The van der Waals surface area contributed by atoms with E-state index in [1.807, 2.05) is 13.0 Å². The van der Waals surface area contributed by atoms with Crippen LogP contribution < -0.4 is 5.32 Å². The topological polar surface area (TPSA) is 37.8 Å². The van der Waals surface area contributed by atoms with Gasteiger partial charge in [0.2, 0.25) is 0 Å². The third kappa shape index (κ3) is 2.50. The standard InChI is InChI=1S/C15H19N3/c1-5-16-15-9-14(17-12(4)18-15)13-8-6-7-10(2)11(13)3/h6-9H,5H2,1-4H3,(H,16,17,18). The minimum Gasteiger partial charge on any atom is -0.370 e. The summed E-state index contributed by atoms with van der Waals surface area (Å²) in [5.74, 6) is 1.69. The zero-order valence-corrected chi connectivity index (χ0v) is 11.4. The molecule has 0 aliphatic carbocycles. The van der Waals surface area contributed by atoms with E-state index in [2.05, 4.69) is 54.3 Å². The van der Waals surface area contributed by atoms with Crippen LogP contribution in [-0.4, -0.2) is 16.5 Å². The Kier molecular flexibility index (Phi) is 3.60. The molecule has 94 valence electrons. The molecule has 3 heteroatoms. The summed E-state index contributed by atoms with van der Waals surface area (Å²) in [5, 5.41) is 3.24. The Hall–Kier alpha value is -1.90. The van der Waals surface area contributed by atoms with Crippen molar-refractivity contribution in [2.75, 3.05) is 11.9 Å². The Bertz CT molecular complexity index is 562. The van der Waals surface area contributed by atoms with Gasteiger partial charge >= 0.3 is 0 Å². The summed E-state index contributed by atoms with van der Waals surface area (Å²) >= 11 is 0. The highest BCUT2D eigenvalue weighted by Gasteiger charge is 2.07. The van der Waals surface area contributed by atoms with Gasteiger partial charge in [-0.1, -0.05) is 18.2 Å². The van der Waals surface area contributed by atoms with E-state index >= 15 is 0 Å². The molecule has 0 spiro atoms. The molecule has 3 nitrogen and oxygen atoms in total. The van der Waals surface area contributed by atoms with Crippen LogP contribution in [-0.2, 0) is 0 Å². The molecule has 1 N–H and O–H groups in total. The van der Waals surface area contributed by atoms with E-state index in [9.17, 15) is 0 Å². The van der Waals surface area contributed by atoms with Crippen LogP contribution in [0.4, 0.5) is 5.82 Å². The number of aromatic nitrogens is 2. The van der Waals surface area contributed by atoms with Gasteiger partial charge in [0.05, 0.1) is 5.69 Å². The molecule has 0 aliphatic heterocycles. The first-order valence-electron chi connectivity index (χ1n) is 6.28. The van der Waals surface area contributed by atoms with Crippen LogP contribution in [0.2, 0.25) is 0 Å². The first-order chi connectivity index (χ1) is 8.61. The molecule has 1 heterocycles. The van der Waals surface area contributed by atoms with Crippen LogP contribution in [0, 0.1) is 20.8 Å². The largest absolute Gasteiger partial charge is 0.370 e. The molecule has 2 rings (SSSR count). The number of hydrogen-bond donors (Lipinski definition) is 1. The van der Waals surface area contributed by atoms with E-state index < -0.39 is 0 Å². The predicted molar refractivity (Wildman–Crippen MR) is 75.8 cm³/mol. The third-order valence-corrected chi connectivity index (χ3v) is 3.08. The minimum atomic E-state index is 0.796. The van der Waals surface area contributed by atoms with Crippen molar-refractivity contribution in [3.05, 3.63) is 41.2 Å². The van der Waals surface area contributed by atoms with Crippen molar-refractivity contribution < 1.29 is 0 Å². The Labute approximate surface area is 108 Å². The first kappa shape index (κ1) is 12.6. The third-order valence-electron chi connectivity index (χ3n) is 3.08. The van der Waals surface area contributed by atoms with E-state index in [4.69, 9.17) is 0 Å². The SMILES string of the molecule is CCNc1cc(-c2cccc(C)c2C)nc(C)n1. The molecule has 18 heavy (non-hydrogen) atoms. The maximum absolute atomic E-state index is 4.54. The summed E-state index contributed by atoms with van der Waals surface area (Å²) in [6, 6.07) is 8.32. The Morgan fingerprint density at radius 3 is 2.61 bits per heavy atom. The van der Waals surface area contributed by atoms with Gasteiger partial charge in [-0.2, -0.15) is 0 Å². The van der Waals surface area contributed by atoms with Crippen LogP contribution in [0.25, 0.3) is 11.3 Å². The van der Waals surface area contributed by atoms with Crippen LogP contribution in [0.1, 0.15) is 23.9 Å². The van der Waals surface area contributed by atoms with Gasteiger partial charge in [0.1, 0.15) is 11.6 Å². The molecule has 0 saturated heterocycles. The van der Waals surface area contributed by atoms with Gasteiger partial charge < -0.3 is 5.32 Å². The molecule has 1 aromatic carbocycles. The van der Waals surface area contributed by atoms with Gasteiger partial charge in [-0.05, 0) is 38.8 Å². The summed E-state index contributed by atoms with van der Waals surface area (Å²) in [7, 11) is 0. The minimum absolute atomic E-state index is 0.796. The van der Waals surface area contributed by atoms with Crippen LogP contribution in [0.15, 0.2) is 24.3 Å². The average molecular weight is 241 g/mol. The molecular weight excluding hydrogens is 222 g/mol. The Morgan fingerprint density at radius 2 is 1.89 bits per heavy atom. The number of nitrogens with one attached hydrogen (secondary N) is 1. The fourth-order valence-electron chi connectivity index (χ4n) is 2.01. The molecule has 0 fully saturated rings. The zero-order chi connectivity index (χ0) is 13.1. The molecule has 0 saturated carbocycles. The lowest BCUT2D eigenvalue weighted by Crippen LogP contribution is -2.03. The van der Waals surface area contributed by atoms with Crippen LogP contribution >= 0.6 is 0 Å². The molecule has 0 atom stereocenters. The van der Waals surface area contributed by atoms with Crippen molar-refractivity contribution in [1.29, 1.82) is 0 Å². The molecule has 1 aromatic heterocycles. The second kappa shape index (κ2) is 5.17. The second-order valence-electron chi connectivity index (χ2n) is 4.46. The van der Waals surface area contributed by atoms with E-state index in [1.165, 1.54) is 16.7 Å². The van der Waals surface area contributed by atoms with Crippen molar-refractivity contribution in [3.8, 4) is 11.3 Å². The highest BCUT2D eigenvalue weighted by Crippen LogP contribution is 2.25. The average Bonchev–Trinajstić information content (AvgIpc) is 2.32. The summed E-state index contributed by atoms with van der Waals surface area (Å²) < 4.78 is 0. The maximum atomic E-state index is 4.54. The van der Waals surface area contributed by atoms with E-state index in [1.54, 1.807) is 0 Å². The summed E-state index contributed by atoms with van der Waals surface area (Å²) in [6.45, 7) is 9.11. The highest BCUT2D eigenvalue weighted by molar-refractivity contribution is 5.67. The van der Waals surface area contributed by atoms with E-state index in [0.717, 1.165) is 23.9 Å². The predicted octanol–water partition coefficient (Wildman–Crippen LogP) is 3.50. The smallest absolute Gasteiger partial charge is 0.130 e. The van der Waals surface area contributed by atoms with Gasteiger partial charge in [0.15, 0.2) is 0 Å². The number of hydrogen-bond acceptors (Lipinski definition) is 3. The lowest BCUT2D eigenvalue weighted by molar-refractivity contribution is 1.04. The molecule has 0 amide bonds. The van der Waals surface area contributed by atoms with Gasteiger partial charge in [-0.25, -0.2) is 9.97 Å². The maximum Gasteiger partial charge on any atom is 0.130 e. The molecule has 0 aliphatic rings. The number of benzene rings is 1. The molecule has 0 unspecified atom stereocenters. The normalized spacial score (nSPS) is 10.4. The Balaban J connectivity index is 2.53. The fraction of sp³-hybridized carbons (Fsp3) is 0.333. The molecular formula is C15H19N3. The second-order valence-corrected chi connectivity index (χ2v) is 4.46. The van der Waals surface area contributed by atoms with Crippen LogP contribution in [0.5, 0.6) is 0 Å². The lowest BCUT2D eigenvalue weighted by Gasteiger charge is -2.10. The Morgan fingerprint density at radius 1 is 1.11 bits per heavy atom. The van der Waals surface area contributed by atoms with E-state index in [0.29, 0.717) is 0 Å². The first-order valence-corrected chi connectivity index (χ1v) is 6.28. The van der Waals surface area contributed by atoms with E-state index in [-0.39, 0.29) is 0 Å². The van der Waals surface area contributed by atoms with Crippen molar-refractivity contribution >= 4 is 5.82 Å².